The van der Waals surface area contributed by atoms with Gasteiger partial charge in [-0.25, -0.2) is 0 Å². The topological polar surface area (TPSA) is 136 Å². The number of nitrogens with two attached hydrogens (primary N) is 2. The predicted octanol–water partition coefficient (Wildman–Crippen LogP) is 0.402. The van der Waals surface area contributed by atoms with Gasteiger partial charge in [0.05, 0.1) is 12.0 Å². The van der Waals surface area contributed by atoms with Crippen LogP contribution in [-0.2, 0) is 20.8 Å². The molecule has 0 spiro atoms. The Kier molecular flexibility index (Phi) is 10.9. The normalized spacial score (nSPS) is 13.8. The molecule has 0 aliphatic rings. The Balaban J connectivity index is 0.00000576. The number of amides is 2. The second kappa shape index (κ2) is 11.7. The summed E-state index contributed by atoms with van der Waals surface area (Å²) < 4.78 is 0. The Morgan fingerprint density at radius 3 is 2.32 bits per heavy atom. The molecule has 25 heavy (non-hydrogen) atoms. The number of carbonyl (C=O) groups is 3. The van der Waals surface area contributed by atoms with Crippen LogP contribution in [0.25, 0.3) is 0 Å². The van der Waals surface area contributed by atoms with Gasteiger partial charge in [-0.3, -0.25) is 14.4 Å². The molecule has 0 radical (unpaired) electrons. The number of hydrogen-bond acceptors (Lipinski definition) is 5. The summed E-state index contributed by atoms with van der Waals surface area (Å²) in [7, 11) is 0. The Labute approximate surface area is 157 Å². The highest BCUT2D eigenvalue weighted by molar-refractivity contribution is 7.98. The fourth-order valence-electron chi connectivity index (χ4n) is 2.21. The van der Waals surface area contributed by atoms with Crippen molar-refractivity contribution in [2.24, 2.45) is 17.4 Å². The molecule has 0 fully saturated rings. The first-order valence-corrected chi connectivity index (χ1v) is 8.87. The standard InChI is InChI=1S/C16H23N3O4S.ClH/c1-24-8-7-12(14(18)20)19-15(21)13(17)11(16(22)23)9-10-5-3-2-4-6-10;/h2-6,11-13H,7-9,17H2,1H3,(H2,18,20)(H,19,21)(H,22,23);1H. The molecule has 2 amide bonds. The van der Waals surface area contributed by atoms with Gasteiger partial charge >= 0.3 is 5.97 Å². The van der Waals surface area contributed by atoms with Gasteiger partial charge in [-0.2, -0.15) is 11.8 Å². The van der Waals surface area contributed by atoms with Gasteiger partial charge in [0.25, 0.3) is 0 Å². The molecule has 0 bridgehead atoms. The number of thioether (sulfide) groups is 1. The van der Waals surface area contributed by atoms with Gasteiger partial charge in [-0.05, 0) is 30.4 Å². The number of rotatable bonds is 10. The van der Waals surface area contributed by atoms with Crippen LogP contribution < -0.4 is 16.8 Å². The Morgan fingerprint density at radius 1 is 1.24 bits per heavy atom. The van der Waals surface area contributed by atoms with Crippen LogP contribution in [0.15, 0.2) is 30.3 Å². The van der Waals surface area contributed by atoms with E-state index in [9.17, 15) is 19.5 Å². The molecule has 3 atom stereocenters. The molecule has 1 rings (SSSR count). The average Bonchev–Trinajstić information content (AvgIpc) is 2.56. The number of carboxylic acid groups (broad SMARTS) is 1. The van der Waals surface area contributed by atoms with Crippen molar-refractivity contribution in [1.29, 1.82) is 0 Å². The largest absolute Gasteiger partial charge is 0.481 e. The lowest BCUT2D eigenvalue weighted by Crippen LogP contribution is -2.54. The van der Waals surface area contributed by atoms with E-state index in [1.165, 1.54) is 11.8 Å². The minimum Gasteiger partial charge on any atom is -0.481 e. The van der Waals surface area contributed by atoms with E-state index in [2.05, 4.69) is 5.32 Å². The summed E-state index contributed by atoms with van der Waals surface area (Å²) in [6.07, 6.45) is 2.36. The van der Waals surface area contributed by atoms with Crippen molar-refractivity contribution in [3.8, 4) is 0 Å². The number of carbonyl (C=O) groups excluding carboxylic acids is 2. The van der Waals surface area contributed by atoms with E-state index in [1.807, 2.05) is 12.3 Å². The smallest absolute Gasteiger partial charge is 0.308 e. The lowest BCUT2D eigenvalue weighted by molar-refractivity contribution is -0.145. The third-order valence-electron chi connectivity index (χ3n) is 3.62. The van der Waals surface area contributed by atoms with Crippen LogP contribution in [0.1, 0.15) is 12.0 Å². The summed E-state index contributed by atoms with van der Waals surface area (Å²) in [6, 6.07) is 6.78. The van der Waals surface area contributed by atoms with Crippen LogP contribution in [0.2, 0.25) is 0 Å². The van der Waals surface area contributed by atoms with Crippen molar-refractivity contribution in [2.45, 2.75) is 24.9 Å². The minimum atomic E-state index is -1.28. The summed E-state index contributed by atoms with van der Waals surface area (Å²) in [5.74, 6) is -2.99. The zero-order valence-electron chi connectivity index (χ0n) is 13.9. The summed E-state index contributed by atoms with van der Waals surface area (Å²) in [6.45, 7) is 0. The Bertz CT molecular complexity index is 574. The molecule has 0 heterocycles. The predicted molar refractivity (Wildman–Crippen MR) is 101 cm³/mol. The number of hydrogen-bond donors (Lipinski definition) is 4. The maximum atomic E-state index is 12.2. The van der Waals surface area contributed by atoms with Crippen LogP contribution in [0.3, 0.4) is 0 Å². The lowest BCUT2D eigenvalue weighted by Gasteiger charge is -2.22. The Hall–Kier alpha value is -1.77. The lowest BCUT2D eigenvalue weighted by atomic mass is 9.92. The zero-order valence-corrected chi connectivity index (χ0v) is 15.5. The van der Waals surface area contributed by atoms with E-state index in [0.29, 0.717) is 12.2 Å². The summed E-state index contributed by atoms with van der Waals surface area (Å²) in [5.41, 5.74) is 11.9. The molecular formula is C16H24ClN3O4S. The second-order valence-corrected chi connectivity index (χ2v) is 6.39. The average molecular weight is 390 g/mol. The maximum Gasteiger partial charge on any atom is 0.308 e. The fourth-order valence-corrected chi connectivity index (χ4v) is 2.68. The van der Waals surface area contributed by atoms with Crippen LogP contribution >= 0.6 is 24.2 Å². The van der Waals surface area contributed by atoms with Gasteiger partial charge in [0, 0.05) is 0 Å². The van der Waals surface area contributed by atoms with Crippen LogP contribution in [0.4, 0.5) is 0 Å². The Morgan fingerprint density at radius 2 is 1.84 bits per heavy atom. The molecule has 7 nitrogen and oxygen atoms in total. The van der Waals surface area contributed by atoms with Crippen molar-refractivity contribution < 1.29 is 19.5 Å². The van der Waals surface area contributed by atoms with Crippen molar-refractivity contribution >= 4 is 42.0 Å². The third-order valence-corrected chi connectivity index (χ3v) is 4.27. The van der Waals surface area contributed by atoms with Gasteiger partial charge in [0.2, 0.25) is 11.8 Å². The van der Waals surface area contributed by atoms with Crippen LogP contribution in [-0.4, -0.2) is 47.0 Å². The molecule has 3 unspecified atom stereocenters. The highest BCUT2D eigenvalue weighted by Crippen LogP contribution is 2.13. The van der Waals surface area contributed by atoms with Gasteiger partial charge in [-0.1, -0.05) is 30.3 Å². The van der Waals surface area contributed by atoms with E-state index in [1.54, 1.807) is 24.3 Å². The van der Waals surface area contributed by atoms with Gasteiger partial charge in [-0.15, -0.1) is 12.4 Å². The van der Waals surface area contributed by atoms with Gasteiger partial charge in [0.15, 0.2) is 0 Å². The number of aliphatic carboxylic acids is 1. The van der Waals surface area contributed by atoms with Crippen molar-refractivity contribution in [1.82, 2.24) is 5.32 Å². The molecule has 1 aromatic carbocycles. The molecule has 1 aromatic rings. The summed E-state index contributed by atoms with van der Waals surface area (Å²) >= 11 is 1.51. The highest BCUT2D eigenvalue weighted by atomic mass is 35.5. The number of halogens is 1. The highest BCUT2D eigenvalue weighted by Gasteiger charge is 2.32. The zero-order chi connectivity index (χ0) is 18.1. The summed E-state index contributed by atoms with van der Waals surface area (Å²) in [4.78, 5) is 35.1. The van der Waals surface area contributed by atoms with Crippen molar-refractivity contribution in [3.05, 3.63) is 35.9 Å². The number of nitrogens with one attached hydrogen (secondary N) is 1. The van der Waals surface area contributed by atoms with E-state index in [0.717, 1.165) is 5.56 Å². The quantitative estimate of drug-likeness (QED) is 0.457. The fraction of sp³-hybridized carbons (Fsp3) is 0.438. The minimum absolute atomic E-state index is 0. The van der Waals surface area contributed by atoms with Crippen molar-refractivity contribution in [2.75, 3.05) is 12.0 Å². The third kappa shape index (κ3) is 7.76. The molecule has 9 heteroatoms. The number of primary amides is 1. The molecule has 0 aliphatic heterocycles. The van der Waals surface area contributed by atoms with Gasteiger partial charge < -0.3 is 21.9 Å². The molecular weight excluding hydrogens is 366 g/mol. The van der Waals surface area contributed by atoms with Gasteiger partial charge in [0.1, 0.15) is 6.04 Å². The molecule has 140 valence electrons. The monoisotopic (exact) mass is 389 g/mol. The molecule has 0 saturated heterocycles. The number of benzene rings is 1. The van der Waals surface area contributed by atoms with E-state index < -0.39 is 35.8 Å². The number of carboxylic acids is 1. The first kappa shape index (κ1) is 23.2. The first-order chi connectivity index (χ1) is 11.4. The van der Waals surface area contributed by atoms with Crippen LogP contribution in [0, 0.1) is 5.92 Å². The first-order valence-electron chi connectivity index (χ1n) is 7.47. The van der Waals surface area contributed by atoms with E-state index in [-0.39, 0.29) is 18.8 Å². The molecule has 0 aliphatic carbocycles. The SMILES string of the molecule is CSCCC(NC(=O)C(N)C(Cc1ccccc1)C(=O)O)C(N)=O.Cl. The summed E-state index contributed by atoms with van der Waals surface area (Å²) in [5, 5.41) is 11.8. The maximum absolute atomic E-state index is 12.2. The molecule has 6 N–H and O–H groups in total. The second-order valence-electron chi connectivity index (χ2n) is 5.41. The molecule has 0 saturated carbocycles. The molecule has 0 aromatic heterocycles. The van der Waals surface area contributed by atoms with E-state index >= 15 is 0 Å². The van der Waals surface area contributed by atoms with E-state index in [4.69, 9.17) is 11.5 Å². The van der Waals surface area contributed by atoms with Crippen molar-refractivity contribution in [3.63, 3.8) is 0 Å². The van der Waals surface area contributed by atoms with Crippen LogP contribution in [0.5, 0.6) is 0 Å².